The van der Waals surface area contributed by atoms with Gasteiger partial charge in [0.1, 0.15) is 0 Å². The quantitative estimate of drug-likeness (QED) is 0.1000. The van der Waals surface area contributed by atoms with Gasteiger partial charge in [0.25, 0.3) is 0 Å². The van der Waals surface area contributed by atoms with Gasteiger partial charge in [-0.2, -0.15) is 0 Å². The van der Waals surface area contributed by atoms with E-state index in [2.05, 4.69) is 322 Å². The normalized spacial score (nSPS) is 16.2. The second kappa shape index (κ2) is 21.5. The molecule has 0 atom stereocenters. The van der Waals surface area contributed by atoms with Crippen LogP contribution < -0.4 is 10.9 Å². The smallest absolute Gasteiger partial charge is 0.399 e. The topological polar surface area (TPSA) is 36.9 Å². The Balaban J connectivity index is 0.000000145. The lowest BCUT2D eigenvalue weighted by Crippen LogP contribution is -2.41. The molecule has 11 aromatic carbocycles. The summed E-state index contributed by atoms with van der Waals surface area (Å²) >= 11 is 13.0. The highest BCUT2D eigenvalue weighted by atomic mass is 127. The van der Waals surface area contributed by atoms with Crippen LogP contribution in [0.25, 0.3) is 86.9 Å². The third-order valence-electron chi connectivity index (χ3n) is 16.9. The van der Waals surface area contributed by atoms with E-state index in [0.29, 0.717) is 0 Å². The van der Waals surface area contributed by atoms with E-state index in [1.165, 1.54) is 107 Å². The Morgan fingerprint density at radius 1 is 0.316 bits per heavy atom. The molecule has 4 nitrogen and oxygen atoms in total. The van der Waals surface area contributed by atoms with Crippen LogP contribution in [0.2, 0.25) is 0 Å². The van der Waals surface area contributed by atoms with Gasteiger partial charge in [-0.25, -0.2) is 0 Å². The average Bonchev–Trinajstić information content (AvgIpc) is 3.96. The van der Waals surface area contributed by atoms with Crippen LogP contribution in [0.15, 0.2) is 189 Å². The first kappa shape index (κ1) is 56.0. The molecule has 0 radical (unpaired) electrons. The largest absolute Gasteiger partial charge is 0.494 e. The van der Waals surface area contributed by atoms with Gasteiger partial charge >= 0.3 is 14.2 Å². The van der Waals surface area contributed by atoms with Crippen LogP contribution in [-0.2, 0) is 18.6 Å². The number of rotatable bonds is 4. The number of aryl methyl sites for hydroxylation is 3. The zero-order valence-electron chi connectivity index (χ0n) is 46.5. The molecule has 2 fully saturated rings. The molecule has 11 aromatic rings. The Bertz CT molecular complexity index is 3950. The summed E-state index contributed by atoms with van der Waals surface area (Å²) in [6.45, 7) is 23.2. The lowest BCUT2D eigenvalue weighted by Gasteiger charge is -2.32. The lowest BCUT2D eigenvalue weighted by atomic mass is 9.75. The third kappa shape index (κ3) is 10.7. The van der Waals surface area contributed by atoms with Crippen molar-refractivity contribution in [3.05, 3.63) is 210 Å². The fourth-order valence-corrected chi connectivity index (χ4v) is 12.9. The molecule has 0 saturated carbocycles. The van der Waals surface area contributed by atoms with Gasteiger partial charge in [-0.3, -0.25) is 0 Å². The highest BCUT2D eigenvalue weighted by Crippen LogP contribution is 2.43. The first-order valence-corrected chi connectivity index (χ1v) is 30.4. The van der Waals surface area contributed by atoms with Gasteiger partial charge < -0.3 is 18.6 Å². The minimum atomic E-state index is -0.410. The third-order valence-corrected chi connectivity index (χ3v) is 19.6. The molecule has 0 amide bonds. The minimum absolute atomic E-state index is 0.387. The Hall–Kier alpha value is -4.88. The number of hydrogen-bond donors (Lipinski definition) is 0. The highest BCUT2D eigenvalue weighted by molar-refractivity contribution is 14.1. The molecule has 2 aliphatic rings. The number of halogens is 4. The first-order chi connectivity index (χ1) is 37.5. The fourth-order valence-electron chi connectivity index (χ4n) is 10.9. The van der Waals surface area contributed by atoms with Gasteiger partial charge in [0.15, 0.2) is 0 Å². The van der Waals surface area contributed by atoms with E-state index in [9.17, 15) is 0 Å². The van der Waals surface area contributed by atoms with E-state index in [0.717, 1.165) is 24.3 Å². The SMILES string of the molecule is CC1(C)OB(c2ccc3c4ccccc4c4ccc(B5OC(C)(C)C(C)(C)O5)cc4c3c2)OC1(C)C.Cc1ccc(Br)cc1-c1ccc2c3ccccc3c3ccc(-c4cc(Br)ccc4C)cc3c2c1.Cc1ccc(Br)cc1I. The molecule has 0 N–H and O–H groups in total. The van der Waals surface area contributed by atoms with Crippen molar-refractivity contribution in [3.8, 4) is 22.3 Å². The van der Waals surface area contributed by atoms with Crippen molar-refractivity contribution < 1.29 is 18.6 Å². The summed E-state index contributed by atoms with van der Waals surface area (Å²) in [7, 11) is -0.820. The van der Waals surface area contributed by atoms with Gasteiger partial charge in [0, 0.05) is 17.0 Å². The average molecular weight is 1340 g/mol. The second-order valence-corrected chi connectivity index (χ2v) is 27.1. The van der Waals surface area contributed by atoms with Gasteiger partial charge in [-0.05, 0) is 262 Å². The van der Waals surface area contributed by atoms with Crippen LogP contribution in [0.1, 0.15) is 72.1 Å². The fraction of sp³-hybridized carbons (Fsp3) is 0.217. The zero-order chi connectivity index (χ0) is 55.9. The summed E-state index contributed by atoms with van der Waals surface area (Å²) in [4.78, 5) is 0. The molecule has 0 aromatic heterocycles. The summed E-state index contributed by atoms with van der Waals surface area (Å²) < 4.78 is 30.2. The summed E-state index contributed by atoms with van der Waals surface area (Å²) in [5.41, 5.74) is 9.40. The standard InChI is InChI=1S/C32H22Br2.C30H34B2O4.C7H6BrI/c1-19-7-11-23(33)17-29(19)21-9-13-27-25-5-3-4-6-26(25)28-14-10-22(16-32(28)31(27)15-21)30-18-24(34)12-8-20(30)2;1-27(2)28(3,4)34-31(33-27)19-13-15-23-21-11-9-10-12-22(21)24-16-14-20(18-26(24)25(23)17-19)32-35-29(5,6)30(7,8)36-32;1-5-2-3-6(8)4-7(5)9/h3-18H,1-2H3;9-18H,1-8H3;2-4H,1H3. The number of benzene rings is 11. The molecule has 13 rings (SSSR count). The van der Waals surface area contributed by atoms with E-state index in [1.54, 1.807) is 0 Å². The molecule has 79 heavy (non-hydrogen) atoms. The van der Waals surface area contributed by atoms with Crippen LogP contribution in [0.3, 0.4) is 0 Å². The van der Waals surface area contributed by atoms with E-state index in [4.69, 9.17) is 18.6 Å². The molecular weight excluding hydrogens is 1280 g/mol. The summed E-state index contributed by atoms with van der Waals surface area (Å²) in [6.07, 6.45) is 0. The Morgan fingerprint density at radius 3 is 0.937 bits per heavy atom. The van der Waals surface area contributed by atoms with E-state index >= 15 is 0 Å². The molecule has 0 spiro atoms. The molecule has 0 unspecified atom stereocenters. The highest BCUT2D eigenvalue weighted by Gasteiger charge is 2.53. The first-order valence-electron chi connectivity index (χ1n) is 26.9. The molecule has 2 aliphatic heterocycles. The van der Waals surface area contributed by atoms with Crippen molar-refractivity contribution in [3.63, 3.8) is 0 Å². The molecule has 396 valence electrons. The summed E-state index contributed by atoms with van der Waals surface area (Å²) in [5.74, 6) is 0. The molecule has 2 heterocycles. The van der Waals surface area contributed by atoms with Crippen molar-refractivity contribution in [1.29, 1.82) is 0 Å². The molecule has 2 saturated heterocycles. The van der Waals surface area contributed by atoms with Crippen LogP contribution in [0.4, 0.5) is 0 Å². The Morgan fingerprint density at radius 2 is 0.608 bits per heavy atom. The van der Waals surface area contributed by atoms with Crippen molar-refractivity contribution in [2.75, 3.05) is 0 Å². The maximum atomic E-state index is 6.39. The maximum absolute atomic E-state index is 6.39. The minimum Gasteiger partial charge on any atom is -0.399 e. The second-order valence-electron chi connectivity index (χ2n) is 23.2. The summed E-state index contributed by atoms with van der Waals surface area (Å²) in [5, 5.41) is 15.0. The lowest BCUT2D eigenvalue weighted by molar-refractivity contribution is 0.00578. The van der Waals surface area contributed by atoms with Crippen LogP contribution in [0.5, 0.6) is 0 Å². The van der Waals surface area contributed by atoms with Crippen LogP contribution in [0, 0.1) is 24.3 Å². The molecular formula is C69H62B2Br3IO4. The zero-order valence-corrected chi connectivity index (χ0v) is 53.5. The van der Waals surface area contributed by atoms with E-state index in [1.807, 2.05) is 0 Å². The summed E-state index contributed by atoms with van der Waals surface area (Å²) in [6, 6.07) is 63.7. The number of fused-ring (bicyclic) bond motifs is 12. The van der Waals surface area contributed by atoms with Crippen molar-refractivity contribution in [2.24, 2.45) is 0 Å². The molecule has 0 bridgehead atoms. The Labute approximate surface area is 504 Å². The van der Waals surface area contributed by atoms with Gasteiger partial charge in [-0.1, -0.05) is 175 Å². The van der Waals surface area contributed by atoms with Gasteiger partial charge in [0.2, 0.25) is 0 Å². The van der Waals surface area contributed by atoms with Crippen LogP contribution in [-0.4, -0.2) is 36.6 Å². The number of hydrogen-bond acceptors (Lipinski definition) is 4. The van der Waals surface area contributed by atoms with Crippen molar-refractivity contribution in [2.45, 2.75) is 98.6 Å². The van der Waals surface area contributed by atoms with Gasteiger partial charge in [-0.15, -0.1) is 0 Å². The van der Waals surface area contributed by atoms with Gasteiger partial charge in [0.05, 0.1) is 22.4 Å². The van der Waals surface area contributed by atoms with E-state index < -0.39 is 14.2 Å². The maximum Gasteiger partial charge on any atom is 0.494 e. The van der Waals surface area contributed by atoms with Crippen molar-refractivity contribution in [1.82, 2.24) is 0 Å². The molecule has 10 heteroatoms. The van der Waals surface area contributed by atoms with Crippen molar-refractivity contribution >= 4 is 160 Å². The van der Waals surface area contributed by atoms with Crippen LogP contribution >= 0.6 is 70.4 Å². The monoisotopic (exact) mass is 1340 g/mol. The molecule has 0 aliphatic carbocycles. The Kier molecular flexibility index (Phi) is 15.2. The van der Waals surface area contributed by atoms with E-state index in [-0.39, 0.29) is 22.4 Å². The predicted molar refractivity (Wildman–Crippen MR) is 357 cm³/mol. The predicted octanol–water partition coefficient (Wildman–Crippen LogP) is 19.7.